The second-order valence-corrected chi connectivity index (χ2v) is 9.25. The molecule has 0 spiro atoms. The minimum atomic E-state index is -3.58. The van der Waals surface area contributed by atoms with Crippen molar-refractivity contribution in [3.63, 3.8) is 0 Å². The van der Waals surface area contributed by atoms with Crippen molar-refractivity contribution in [1.82, 2.24) is 9.62 Å². The van der Waals surface area contributed by atoms with Crippen molar-refractivity contribution in [3.8, 4) is 0 Å². The molecule has 0 unspecified atom stereocenters. The molecule has 0 saturated carbocycles. The lowest BCUT2D eigenvalue weighted by Crippen LogP contribution is -2.48. The van der Waals surface area contributed by atoms with Crippen LogP contribution in [0.25, 0.3) is 0 Å². The number of amides is 1. The number of nitrogens with one attached hydrogen (secondary N) is 1. The topological polar surface area (TPSA) is 75.7 Å². The van der Waals surface area contributed by atoms with E-state index in [1.54, 1.807) is 12.1 Å². The minimum Gasteiger partial charge on any atom is -0.373 e. The van der Waals surface area contributed by atoms with Gasteiger partial charge < -0.3 is 10.1 Å². The van der Waals surface area contributed by atoms with Crippen LogP contribution in [0.5, 0.6) is 0 Å². The van der Waals surface area contributed by atoms with Crippen LogP contribution < -0.4 is 5.32 Å². The third-order valence-corrected chi connectivity index (χ3v) is 5.47. The zero-order valence-electron chi connectivity index (χ0n) is 14.9. The van der Waals surface area contributed by atoms with Crippen LogP contribution >= 0.6 is 0 Å². The van der Waals surface area contributed by atoms with E-state index in [1.165, 1.54) is 16.4 Å². The Morgan fingerprint density at radius 1 is 1.12 bits per heavy atom. The molecule has 0 radical (unpaired) electrons. The van der Waals surface area contributed by atoms with Crippen molar-refractivity contribution < 1.29 is 17.9 Å². The highest BCUT2D eigenvalue weighted by molar-refractivity contribution is 7.89. The zero-order chi connectivity index (χ0) is 18.1. The van der Waals surface area contributed by atoms with E-state index in [2.05, 4.69) is 5.32 Å². The Morgan fingerprint density at radius 2 is 1.62 bits per heavy atom. The summed E-state index contributed by atoms with van der Waals surface area (Å²) in [6.07, 6.45) is -0.277. The van der Waals surface area contributed by atoms with E-state index >= 15 is 0 Å². The van der Waals surface area contributed by atoms with E-state index in [1.807, 2.05) is 34.6 Å². The van der Waals surface area contributed by atoms with Gasteiger partial charge in [-0.3, -0.25) is 4.79 Å². The van der Waals surface area contributed by atoms with E-state index in [9.17, 15) is 13.2 Å². The first kappa shape index (κ1) is 18.9. The van der Waals surface area contributed by atoms with Crippen molar-refractivity contribution in [1.29, 1.82) is 0 Å². The predicted octanol–water partition coefficient (Wildman–Crippen LogP) is 2.01. The number of rotatable bonds is 3. The highest BCUT2D eigenvalue weighted by atomic mass is 32.2. The fraction of sp³-hybridized carbons (Fsp3) is 0.588. The summed E-state index contributed by atoms with van der Waals surface area (Å²) in [5.74, 6) is -0.222. The van der Waals surface area contributed by atoms with Crippen LogP contribution in [0.3, 0.4) is 0 Å². The van der Waals surface area contributed by atoms with Gasteiger partial charge in [0.1, 0.15) is 0 Å². The smallest absolute Gasteiger partial charge is 0.251 e. The van der Waals surface area contributed by atoms with Crippen molar-refractivity contribution in [3.05, 3.63) is 29.8 Å². The van der Waals surface area contributed by atoms with Gasteiger partial charge in [0.15, 0.2) is 0 Å². The Bertz CT molecular complexity index is 682. The molecule has 1 aliphatic rings. The van der Waals surface area contributed by atoms with Gasteiger partial charge in [-0.1, -0.05) is 0 Å². The number of carbonyl (C=O) groups is 1. The molecule has 2 rings (SSSR count). The first-order valence-electron chi connectivity index (χ1n) is 8.07. The first-order chi connectivity index (χ1) is 11.0. The number of nitrogens with zero attached hydrogens (tertiary/aromatic N) is 1. The Balaban J connectivity index is 2.19. The van der Waals surface area contributed by atoms with Gasteiger partial charge in [0.2, 0.25) is 10.0 Å². The summed E-state index contributed by atoms with van der Waals surface area (Å²) in [4.78, 5) is 12.3. The molecular weight excluding hydrogens is 328 g/mol. The Labute approximate surface area is 144 Å². The van der Waals surface area contributed by atoms with Crippen LogP contribution in [-0.2, 0) is 14.8 Å². The number of hydrogen-bond donors (Lipinski definition) is 1. The van der Waals surface area contributed by atoms with E-state index in [-0.39, 0.29) is 28.5 Å². The van der Waals surface area contributed by atoms with E-state index < -0.39 is 10.0 Å². The summed E-state index contributed by atoms with van der Waals surface area (Å²) in [5, 5.41) is 2.85. The molecule has 6 nitrogen and oxygen atoms in total. The van der Waals surface area contributed by atoms with Crippen LogP contribution in [-0.4, -0.2) is 49.5 Å². The van der Waals surface area contributed by atoms with Gasteiger partial charge in [-0.05, 0) is 58.9 Å². The summed E-state index contributed by atoms with van der Waals surface area (Å²) < 4.78 is 32.5. The maximum absolute atomic E-state index is 12.8. The lowest BCUT2D eigenvalue weighted by Gasteiger charge is -2.34. The van der Waals surface area contributed by atoms with E-state index in [0.717, 1.165) is 0 Å². The van der Waals surface area contributed by atoms with Gasteiger partial charge in [0, 0.05) is 24.2 Å². The second-order valence-electron chi connectivity index (χ2n) is 7.31. The molecule has 1 amide bonds. The average Bonchev–Trinajstić information content (AvgIpc) is 2.44. The molecule has 0 aromatic heterocycles. The molecule has 1 heterocycles. The summed E-state index contributed by atoms with van der Waals surface area (Å²) in [6, 6.07) is 6.05. The lowest BCUT2D eigenvalue weighted by atomic mass is 10.1. The SMILES string of the molecule is C[C@@H]1CN(S(=O)(=O)c2ccc(C(=O)NC(C)(C)C)cc2)C[C@@H](C)O1. The third-order valence-electron chi connectivity index (χ3n) is 3.63. The van der Waals surface area contributed by atoms with Gasteiger partial charge in [-0.2, -0.15) is 4.31 Å². The average molecular weight is 354 g/mol. The van der Waals surface area contributed by atoms with Gasteiger partial charge in [-0.25, -0.2) is 8.42 Å². The molecule has 1 aliphatic heterocycles. The van der Waals surface area contributed by atoms with Crippen LogP contribution in [0.2, 0.25) is 0 Å². The van der Waals surface area contributed by atoms with Crippen molar-refractivity contribution in [2.45, 2.75) is 57.3 Å². The highest BCUT2D eigenvalue weighted by Crippen LogP contribution is 2.21. The molecule has 2 atom stereocenters. The molecule has 0 bridgehead atoms. The quantitative estimate of drug-likeness (QED) is 0.901. The number of benzene rings is 1. The van der Waals surface area contributed by atoms with Gasteiger partial charge >= 0.3 is 0 Å². The standard InChI is InChI=1S/C17H26N2O4S/c1-12-10-19(11-13(2)23-12)24(21,22)15-8-6-14(7-9-15)16(20)18-17(3,4)5/h6-9,12-13H,10-11H2,1-5H3,(H,18,20)/t12-,13-/m1/s1. The lowest BCUT2D eigenvalue weighted by molar-refractivity contribution is -0.0440. The first-order valence-corrected chi connectivity index (χ1v) is 9.51. The summed E-state index contributed by atoms with van der Waals surface area (Å²) in [7, 11) is -3.58. The summed E-state index contributed by atoms with van der Waals surface area (Å²) in [5.41, 5.74) is 0.0923. The molecule has 1 aromatic carbocycles. The number of morpholine rings is 1. The predicted molar refractivity (Wildman–Crippen MR) is 92.4 cm³/mol. The molecular formula is C17H26N2O4S. The summed E-state index contributed by atoms with van der Waals surface area (Å²) in [6.45, 7) is 10.1. The molecule has 1 saturated heterocycles. The van der Waals surface area contributed by atoms with Crippen molar-refractivity contribution in [2.75, 3.05) is 13.1 Å². The summed E-state index contributed by atoms with van der Waals surface area (Å²) >= 11 is 0. The van der Waals surface area contributed by atoms with Gasteiger partial charge in [0.25, 0.3) is 5.91 Å². The fourth-order valence-corrected chi connectivity index (χ4v) is 4.26. The molecule has 7 heteroatoms. The van der Waals surface area contributed by atoms with Crippen molar-refractivity contribution in [2.24, 2.45) is 0 Å². The maximum Gasteiger partial charge on any atom is 0.251 e. The van der Waals surface area contributed by atoms with Crippen LogP contribution in [0.15, 0.2) is 29.2 Å². The molecule has 0 aliphatic carbocycles. The minimum absolute atomic E-state index is 0.139. The molecule has 1 fully saturated rings. The van der Waals surface area contributed by atoms with Crippen LogP contribution in [0.4, 0.5) is 0 Å². The van der Waals surface area contributed by atoms with Crippen LogP contribution in [0.1, 0.15) is 45.0 Å². The van der Waals surface area contributed by atoms with Crippen LogP contribution in [0, 0.1) is 0 Å². The number of carbonyl (C=O) groups excluding carboxylic acids is 1. The monoisotopic (exact) mass is 354 g/mol. The Morgan fingerprint density at radius 3 is 2.08 bits per heavy atom. The normalized spacial score (nSPS) is 23.0. The van der Waals surface area contributed by atoms with Crippen molar-refractivity contribution >= 4 is 15.9 Å². The Kier molecular flexibility index (Phi) is 5.37. The zero-order valence-corrected chi connectivity index (χ0v) is 15.7. The van der Waals surface area contributed by atoms with E-state index in [4.69, 9.17) is 4.74 Å². The molecule has 134 valence electrons. The molecule has 24 heavy (non-hydrogen) atoms. The number of ether oxygens (including phenoxy) is 1. The largest absolute Gasteiger partial charge is 0.373 e. The number of hydrogen-bond acceptors (Lipinski definition) is 4. The Hall–Kier alpha value is -1.44. The fourth-order valence-electron chi connectivity index (χ4n) is 2.67. The third kappa shape index (κ3) is 4.55. The molecule has 1 N–H and O–H groups in total. The van der Waals surface area contributed by atoms with Gasteiger partial charge in [0.05, 0.1) is 17.1 Å². The molecule has 1 aromatic rings. The van der Waals surface area contributed by atoms with E-state index in [0.29, 0.717) is 18.7 Å². The highest BCUT2D eigenvalue weighted by Gasteiger charge is 2.32. The number of sulfonamides is 1. The maximum atomic E-state index is 12.8. The van der Waals surface area contributed by atoms with Gasteiger partial charge in [-0.15, -0.1) is 0 Å². The second kappa shape index (κ2) is 6.82.